The first-order chi connectivity index (χ1) is 8.61. The first-order valence-electron chi connectivity index (χ1n) is 5.80. The maximum absolute atomic E-state index is 12.0. The fraction of sp³-hybridized carbons (Fsp3) is 0.700. The number of anilines is 1. The molecule has 1 aromatic heterocycles. The summed E-state index contributed by atoms with van der Waals surface area (Å²) in [6, 6.07) is 0. The van der Waals surface area contributed by atoms with Crippen molar-refractivity contribution in [2.24, 2.45) is 17.8 Å². The van der Waals surface area contributed by atoms with Gasteiger partial charge in [-0.2, -0.15) is 0 Å². The van der Waals surface area contributed by atoms with Crippen LogP contribution < -0.4 is 5.32 Å². The van der Waals surface area contributed by atoms with Gasteiger partial charge in [0, 0.05) is 11.5 Å². The summed E-state index contributed by atoms with van der Waals surface area (Å²) in [7, 11) is 0. The van der Waals surface area contributed by atoms with E-state index in [2.05, 4.69) is 20.1 Å². The number of rotatable bonds is 4. The van der Waals surface area contributed by atoms with Crippen molar-refractivity contribution in [2.75, 3.05) is 5.32 Å². The van der Waals surface area contributed by atoms with Crippen molar-refractivity contribution < 1.29 is 14.7 Å². The molecule has 2 N–H and O–H groups in total. The van der Waals surface area contributed by atoms with Crippen LogP contribution in [0.15, 0.2) is 0 Å². The second-order valence-electron chi connectivity index (χ2n) is 4.45. The molecule has 1 heterocycles. The van der Waals surface area contributed by atoms with Gasteiger partial charge in [-0.15, -0.1) is 0 Å². The van der Waals surface area contributed by atoms with Crippen LogP contribution in [0, 0.1) is 17.8 Å². The second kappa shape index (κ2) is 5.38. The van der Waals surface area contributed by atoms with Gasteiger partial charge in [-0.05, 0) is 24.0 Å². The Balaban J connectivity index is 2.05. The smallest absolute Gasteiger partial charge is 0.307 e. The number of nitrogens with zero attached hydrogens (tertiary/aromatic N) is 3. The lowest BCUT2D eigenvalue weighted by Gasteiger charge is -2.13. The zero-order valence-electron chi connectivity index (χ0n) is 9.87. The van der Waals surface area contributed by atoms with Crippen molar-refractivity contribution in [3.8, 4) is 0 Å². The van der Waals surface area contributed by atoms with Crippen molar-refractivity contribution in [3.63, 3.8) is 0 Å². The zero-order valence-corrected chi connectivity index (χ0v) is 10.7. The Bertz CT molecular complexity index is 436. The minimum absolute atomic E-state index is 0.295. The topological polar surface area (TPSA) is 105 Å². The Hall–Kier alpha value is -1.57. The summed E-state index contributed by atoms with van der Waals surface area (Å²) < 4.78 is 3.54. The Morgan fingerprint density at radius 3 is 2.72 bits per heavy atom. The molecule has 0 saturated heterocycles. The summed E-state index contributed by atoms with van der Waals surface area (Å²) in [5.41, 5.74) is 0. The summed E-state index contributed by atoms with van der Waals surface area (Å²) in [4.78, 5) is 23.2. The molecular weight excluding hydrogens is 256 g/mol. The fourth-order valence-corrected chi connectivity index (χ4v) is 2.79. The van der Waals surface area contributed by atoms with E-state index in [1.165, 1.54) is 0 Å². The highest BCUT2D eigenvalue weighted by molar-refractivity contribution is 7.09. The van der Waals surface area contributed by atoms with Gasteiger partial charge in [0.25, 0.3) is 0 Å². The van der Waals surface area contributed by atoms with E-state index >= 15 is 0 Å². The standard InChI is InChI=1S/C10H14N4O3S/c1-2-5-3-6(7(4-5)9(16)17)8(15)11-10-12-13-14-18-10/h5-7H,2-4H2,1H3,(H,16,17)(H,11,12,14,15)/t5?,6-,7+/m0/s1. The number of nitrogens with one attached hydrogen (secondary N) is 1. The molecule has 8 heteroatoms. The van der Waals surface area contributed by atoms with Crippen LogP contribution in [-0.4, -0.2) is 31.8 Å². The van der Waals surface area contributed by atoms with Crippen molar-refractivity contribution >= 4 is 28.5 Å². The van der Waals surface area contributed by atoms with Crippen LogP contribution >= 0.6 is 11.5 Å². The van der Waals surface area contributed by atoms with E-state index in [0.29, 0.717) is 23.9 Å². The van der Waals surface area contributed by atoms with Gasteiger partial charge < -0.3 is 5.11 Å². The SMILES string of the molecule is CCC1C[C@H](C(=O)Nc2nnns2)[C@H](C(=O)O)C1. The number of carboxylic acids is 1. The lowest BCUT2D eigenvalue weighted by molar-refractivity contribution is -0.145. The summed E-state index contributed by atoms with van der Waals surface area (Å²) >= 11 is 0.975. The predicted octanol–water partition coefficient (Wildman–Crippen LogP) is 1.01. The third-order valence-corrected chi connectivity index (χ3v) is 3.93. The molecular formula is C10H14N4O3S. The number of amides is 1. The molecule has 98 valence electrons. The van der Waals surface area contributed by atoms with Crippen molar-refractivity contribution in [1.29, 1.82) is 0 Å². The maximum Gasteiger partial charge on any atom is 0.307 e. The molecule has 1 saturated carbocycles. The van der Waals surface area contributed by atoms with Gasteiger partial charge in [0.2, 0.25) is 11.0 Å². The highest BCUT2D eigenvalue weighted by Crippen LogP contribution is 2.38. The van der Waals surface area contributed by atoms with Gasteiger partial charge >= 0.3 is 5.97 Å². The monoisotopic (exact) mass is 270 g/mol. The first kappa shape index (κ1) is 12.9. The highest BCUT2D eigenvalue weighted by Gasteiger charge is 2.42. The Labute approximate surface area is 108 Å². The van der Waals surface area contributed by atoms with Crippen LogP contribution in [0.4, 0.5) is 5.13 Å². The molecule has 1 fully saturated rings. The number of aromatic nitrogens is 3. The van der Waals surface area contributed by atoms with E-state index < -0.39 is 17.8 Å². The number of carbonyl (C=O) groups excluding carboxylic acids is 1. The van der Waals surface area contributed by atoms with Gasteiger partial charge in [-0.1, -0.05) is 22.9 Å². The Kier molecular flexibility index (Phi) is 3.85. The molecule has 0 bridgehead atoms. The summed E-state index contributed by atoms with van der Waals surface area (Å²) in [6.07, 6.45) is 2.08. The summed E-state index contributed by atoms with van der Waals surface area (Å²) in [6.45, 7) is 2.01. The molecule has 2 rings (SSSR count). The normalized spacial score (nSPS) is 27.1. The molecule has 1 amide bonds. The van der Waals surface area contributed by atoms with Crippen molar-refractivity contribution in [3.05, 3.63) is 0 Å². The number of carboxylic acid groups (broad SMARTS) is 1. The van der Waals surface area contributed by atoms with Crippen LogP contribution in [0.1, 0.15) is 26.2 Å². The average molecular weight is 270 g/mol. The first-order valence-corrected chi connectivity index (χ1v) is 6.57. The van der Waals surface area contributed by atoms with Gasteiger partial charge in [-0.3, -0.25) is 14.9 Å². The van der Waals surface area contributed by atoms with E-state index in [1.54, 1.807) is 0 Å². The maximum atomic E-state index is 12.0. The van der Waals surface area contributed by atoms with Crippen LogP contribution in [0.2, 0.25) is 0 Å². The molecule has 3 atom stereocenters. The predicted molar refractivity (Wildman–Crippen MR) is 64.0 cm³/mol. The van der Waals surface area contributed by atoms with Gasteiger partial charge in [0.1, 0.15) is 0 Å². The number of hydrogen-bond acceptors (Lipinski definition) is 6. The number of carbonyl (C=O) groups is 2. The quantitative estimate of drug-likeness (QED) is 0.845. The zero-order chi connectivity index (χ0) is 13.1. The number of hydrogen-bond donors (Lipinski definition) is 2. The molecule has 1 aliphatic carbocycles. The molecule has 0 radical (unpaired) electrons. The van der Waals surface area contributed by atoms with E-state index in [-0.39, 0.29) is 5.91 Å². The molecule has 1 aliphatic rings. The summed E-state index contributed by atoms with van der Waals surface area (Å²) in [5.74, 6) is -1.99. The molecule has 1 unspecified atom stereocenters. The van der Waals surface area contributed by atoms with Gasteiger partial charge in [0.05, 0.1) is 11.8 Å². The van der Waals surface area contributed by atoms with E-state index in [9.17, 15) is 9.59 Å². The van der Waals surface area contributed by atoms with Crippen LogP contribution in [0.5, 0.6) is 0 Å². The Morgan fingerprint density at radius 1 is 1.44 bits per heavy atom. The van der Waals surface area contributed by atoms with Crippen LogP contribution in [0.25, 0.3) is 0 Å². The molecule has 7 nitrogen and oxygen atoms in total. The summed E-state index contributed by atoms with van der Waals surface area (Å²) in [5, 5.41) is 19.0. The number of aliphatic carboxylic acids is 1. The molecule has 0 spiro atoms. The van der Waals surface area contributed by atoms with E-state index in [0.717, 1.165) is 18.0 Å². The molecule has 0 aromatic carbocycles. The van der Waals surface area contributed by atoms with E-state index in [4.69, 9.17) is 5.11 Å². The molecule has 0 aliphatic heterocycles. The van der Waals surface area contributed by atoms with Gasteiger partial charge in [0.15, 0.2) is 0 Å². The lowest BCUT2D eigenvalue weighted by atomic mass is 9.95. The van der Waals surface area contributed by atoms with Crippen LogP contribution in [0.3, 0.4) is 0 Å². The third-order valence-electron chi connectivity index (χ3n) is 3.42. The highest BCUT2D eigenvalue weighted by atomic mass is 32.1. The van der Waals surface area contributed by atoms with Gasteiger partial charge in [-0.25, -0.2) is 0 Å². The van der Waals surface area contributed by atoms with Crippen molar-refractivity contribution in [2.45, 2.75) is 26.2 Å². The largest absolute Gasteiger partial charge is 0.481 e. The van der Waals surface area contributed by atoms with Crippen LogP contribution in [-0.2, 0) is 9.59 Å². The minimum Gasteiger partial charge on any atom is -0.481 e. The van der Waals surface area contributed by atoms with E-state index in [1.807, 2.05) is 6.92 Å². The lowest BCUT2D eigenvalue weighted by Crippen LogP contribution is -2.29. The third kappa shape index (κ3) is 2.63. The average Bonchev–Trinajstić information content (AvgIpc) is 2.96. The minimum atomic E-state index is -0.901. The fourth-order valence-electron chi connectivity index (χ4n) is 2.42. The second-order valence-corrected chi connectivity index (χ2v) is 5.19. The molecule has 18 heavy (non-hydrogen) atoms. The molecule has 1 aromatic rings. The van der Waals surface area contributed by atoms with Crippen molar-refractivity contribution in [1.82, 2.24) is 14.8 Å². The Morgan fingerprint density at radius 2 is 2.17 bits per heavy atom.